The third-order valence-electron chi connectivity index (χ3n) is 0.312. The third kappa shape index (κ3) is 3.96. The maximum absolute atomic E-state index is 8.21. The van der Waals surface area contributed by atoms with Gasteiger partial charge in [0.15, 0.2) is 0 Å². The van der Waals surface area contributed by atoms with Gasteiger partial charge < -0.3 is 5.11 Å². The molecule has 0 aliphatic rings. The van der Waals surface area contributed by atoms with Gasteiger partial charge in [-0.2, -0.15) is 0 Å². The van der Waals surface area contributed by atoms with Crippen molar-refractivity contribution in [1.82, 2.24) is 0 Å². The van der Waals surface area contributed by atoms with Crippen LogP contribution in [-0.4, -0.2) is 11.7 Å². The molecule has 0 fully saturated rings. The first-order chi connectivity index (χ1) is 2.81. The second-order valence-electron chi connectivity index (χ2n) is 1.29. The molecule has 0 aromatic carbocycles. The van der Waals surface area contributed by atoms with Crippen LogP contribution in [0.3, 0.4) is 0 Å². The predicted octanol–water partition coefficient (Wildman–Crippen LogP) is 0.635. The minimum absolute atomic E-state index is 0.142. The fraction of sp³-hybridized carbons (Fsp3) is 1.00. The van der Waals surface area contributed by atoms with Gasteiger partial charge in [-0.05, 0) is 5.92 Å². The summed E-state index contributed by atoms with van der Waals surface area (Å²) in [5.41, 5.74) is 0. The molecule has 0 spiro atoms. The number of hydrogen-bond donors (Lipinski definition) is 1. The minimum Gasteiger partial charge on any atom is -0.396 e. The van der Waals surface area contributed by atoms with Crippen molar-refractivity contribution in [2.75, 3.05) is 6.61 Å². The van der Waals surface area contributed by atoms with Gasteiger partial charge in [-0.25, -0.2) is 0 Å². The highest BCUT2D eigenvalue weighted by molar-refractivity contribution is 4.32. The van der Waals surface area contributed by atoms with Crippen LogP contribution >= 0.6 is 0 Å². The Morgan fingerprint density at radius 2 is 2.80 bits per heavy atom. The lowest BCUT2D eigenvalue weighted by molar-refractivity contribution is 0.248. The molecule has 5 heavy (non-hydrogen) atoms. The van der Waals surface area contributed by atoms with Gasteiger partial charge in [0.2, 0.25) is 0 Å². The van der Waals surface area contributed by atoms with E-state index in [-0.39, 0.29) is 12.5 Å². The summed E-state index contributed by atoms with van der Waals surface area (Å²) in [6.45, 7) is 2.31. The molecule has 1 nitrogen and oxygen atoms in total. The van der Waals surface area contributed by atoms with Crippen molar-refractivity contribution in [3.63, 3.8) is 0 Å². The van der Waals surface area contributed by atoms with E-state index >= 15 is 0 Å². The van der Waals surface area contributed by atoms with Gasteiger partial charge in [0, 0.05) is 7.98 Å². The summed E-state index contributed by atoms with van der Waals surface area (Å²) in [4.78, 5) is 0. The van der Waals surface area contributed by atoms with E-state index < -0.39 is 0 Å². The summed E-state index contributed by atoms with van der Waals surface area (Å²) < 4.78 is 6.65. The van der Waals surface area contributed by atoms with E-state index in [1.54, 1.807) is 0 Å². The molecule has 0 bridgehead atoms. The van der Waals surface area contributed by atoms with Gasteiger partial charge >= 0.3 is 0 Å². The van der Waals surface area contributed by atoms with Crippen LogP contribution in [0.1, 0.15) is 15.2 Å². The number of rotatable bonds is 1. The van der Waals surface area contributed by atoms with E-state index in [0.717, 1.165) is 0 Å². The van der Waals surface area contributed by atoms with Gasteiger partial charge in [-0.3, -0.25) is 0 Å². The first kappa shape index (κ1) is 3.16. The Labute approximate surface area is 34.0 Å². The van der Waals surface area contributed by atoms with Crippen LogP contribution in [-0.2, 0) is 0 Å². The zero-order valence-electron chi connectivity index (χ0n) is 4.44. The molecular formula is C4H10O. The van der Waals surface area contributed by atoms with Crippen molar-refractivity contribution in [3.8, 4) is 0 Å². The van der Waals surface area contributed by atoms with Crippen LogP contribution in [0.4, 0.5) is 0 Å². The first-order valence-electron chi connectivity index (χ1n) is 2.42. The number of aliphatic hydroxyl groups excluding tert-OH is 1. The summed E-state index contributed by atoms with van der Waals surface area (Å²) in [6.07, 6.45) is 0. The van der Waals surface area contributed by atoms with Gasteiger partial charge in [0.1, 0.15) is 0 Å². The molecule has 0 aliphatic carbocycles. The predicted molar refractivity (Wildman–Crippen MR) is 21.9 cm³/mol. The SMILES string of the molecule is [2H]C[C@@H](C)CO. The highest BCUT2D eigenvalue weighted by Gasteiger charge is 1.81. The van der Waals surface area contributed by atoms with Crippen molar-refractivity contribution in [2.24, 2.45) is 5.92 Å². The molecule has 0 aromatic rings. The summed E-state index contributed by atoms with van der Waals surface area (Å²) in [5, 5.41) is 8.21. The number of hydrogen-bond acceptors (Lipinski definition) is 1. The van der Waals surface area contributed by atoms with Gasteiger partial charge in [-0.15, -0.1) is 0 Å². The van der Waals surface area contributed by atoms with Crippen LogP contribution in [0, 0.1) is 5.92 Å². The Balaban J connectivity index is 2.75. The van der Waals surface area contributed by atoms with E-state index in [1.165, 1.54) is 0 Å². The number of aliphatic hydroxyl groups is 1. The van der Waals surface area contributed by atoms with Crippen LogP contribution in [0.5, 0.6) is 0 Å². The fourth-order valence-electron chi connectivity index (χ4n) is 0. The van der Waals surface area contributed by atoms with Crippen LogP contribution in [0.25, 0.3) is 0 Å². The highest BCUT2D eigenvalue weighted by atomic mass is 16.3. The van der Waals surface area contributed by atoms with Crippen molar-refractivity contribution in [3.05, 3.63) is 0 Å². The Morgan fingerprint density at radius 3 is 2.80 bits per heavy atom. The lowest BCUT2D eigenvalue weighted by Gasteiger charge is -1.90. The molecule has 1 heteroatoms. The molecular weight excluding hydrogens is 64.0 g/mol. The molecule has 0 aliphatic heterocycles. The van der Waals surface area contributed by atoms with Crippen molar-refractivity contribution < 1.29 is 6.48 Å². The Bertz CT molecular complexity index is 26.7. The largest absolute Gasteiger partial charge is 0.396 e. The highest BCUT2D eigenvalue weighted by Crippen LogP contribution is 1.83. The lowest BCUT2D eigenvalue weighted by atomic mass is 10.2. The minimum atomic E-state index is 0.142. The smallest absolute Gasteiger partial charge is 0.0453 e. The fourth-order valence-corrected chi connectivity index (χ4v) is 0. The zero-order valence-corrected chi connectivity index (χ0v) is 3.44. The standard InChI is InChI=1S/C4H10O/c1-4(2)3-5/h4-5H,3H2,1-2H3/i1D/t4-/m0/s1. The Hall–Kier alpha value is -0.0400. The Kier molecular flexibility index (Phi) is 1.40. The van der Waals surface area contributed by atoms with Crippen LogP contribution in [0.15, 0.2) is 0 Å². The molecule has 0 rings (SSSR count). The van der Waals surface area contributed by atoms with Crippen LogP contribution in [0.2, 0.25) is 0 Å². The molecule has 0 saturated carbocycles. The molecule has 0 aromatic heterocycles. The van der Waals surface area contributed by atoms with E-state index in [4.69, 9.17) is 6.48 Å². The lowest BCUT2D eigenvalue weighted by Crippen LogP contribution is -1.90. The third-order valence-corrected chi connectivity index (χ3v) is 0.312. The first-order valence-corrected chi connectivity index (χ1v) is 1.71. The van der Waals surface area contributed by atoms with Gasteiger partial charge in [-0.1, -0.05) is 13.8 Å². The van der Waals surface area contributed by atoms with E-state index in [1.807, 2.05) is 6.92 Å². The molecule has 0 heterocycles. The van der Waals surface area contributed by atoms with E-state index in [0.29, 0.717) is 6.90 Å². The van der Waals surface area contributed by atoms with E-state index in [2.05, 4.69) is 0 Å². The molecule has 0 saturated heterocycles. The molecule has 1 atom stereocenters. The van der Waals surface area contributed by atoms with Gasteiger partial charge in [0.05, 0.1) is 0 Å². The maximum Gasteiger partial charge on any atom is 0.0453 e. The molecule has 0 amide bonds. The Morgan fingerprint density at radius 1 is 2.20 bits per heavy atom. The average molecular weight is 75.1 g/mol. The molecule has 0 radical (unpaired) electrons. The van der Waals surface area contributed by atoms with Crippen molar-refractivity contribution in [1.29, 1.82) is 0 Å². The average Bonchev–Trinajstić information content (AvgIpc) is 1.65. The van der Waals surface area contributed by atoms with Gasteiger partial charge in [0.25, 0.3) is 0 Å². The summed E-state index contributed by atoms with van der Waals surface area (Å²) in [7, 11) is 0. The quantitative estimate of drug-likeness (QED) is 0.484. The summed E-state index contributed by atoms with van der Waals surface area (Å²) in [6, 6.07) is 0. The van der Waals surface area contributed by atoms with Crippen molar-refractivity contribution in [2.45, 2.75) is 13.8 Å². The molecule has 1 N–H and O–H groups in total. The zero-order chi connectivity index (χ0) is 4.99. The van der Waals surface area contributed by atoms with Crippen LogP contribution < -0.4 is 0 Å². The van der Waals surface area contributed by atoms with Crippen molar-refractivity contribution >= 4 is 0 Å². The normalized spacial score (nSPS) is 17.6. The monoisotopic (exact) mass is 75.1 g/mol. The summed E-state index contributed by atoms with van der Waals surface area (Å²) in [5.74, 6) is 0.157. The topological polar surface area (TPSA) is 20.2 Å². The second-order valence-corrected chi connectivity index (χ2v) is 1.29. The second kappa shape index (κ2) is 2.21. The molecule has 0 unspecified atom stereocenters. The summed E-state index contributed by atoms with van der Waals surface area (Å²) >= 11 is 0. The maximum atomic E-state index is 8.21. The van der Waals surface area contributed by atoms with E-state index in [9.17, 15) is 0 Å². The molecule has 32 valence electrons.